The molecule has 5 nitrogen and oxygen atoms in total. The molecule has 0 aliphatic heterocycles. The molecule has 5 heteroatoms. The van der Waals surface area contributed by atoms with Gasteiger partial charge in [0.05, 0.1) is 5.52 Å². The van der Waals surface area contributed by atoms with E-state index in [1.165, 1.54) is 0 Å². The van der Waals surface area contributed by atoms with E-state index < -0.39 is 0 Å². The van der Waals surface area contributed by atoms with E-state index in [1.54, 1.807) is 18.5 Å². The van der Waals surface area contributed by atoms with Crippen molar-refractivity contribution in [2.45, 2.75) is 6.92 Å². The Morgan fingerprint density at radius 2 is 1.90 bits per heavy atom. The molecule has 3 rings (SSSR count). The van der Waals surface area contributed by atoms with Crippen molar-refractivity contribution in [3.63, 3.8) is 0 Å². The molecule has 1 aromatic carbocycles. The molecule has 2 heterocycles. The van der Waals surface area contributed by atoms with Crippen molar-refractivity contribution >= 4 is 22.4 Å². The van der Waals surface area contributed by atoms with Gasteiger partial charge in [-0.25, -0.2) is 4.98 Å². The van der Waals surface area contributed by atoms with Crippen LogP contribution in [-0.2, 0) is 0 Å². The topological polar surface area (TPSA) is 87.0 Å². The Morgan fingerprint density at radius 3 is 2.75 bits per heavy atom. The van der Waals surface area contributed by atoms with Crippen LogP contribution in [0, 0.1) is 6.92 Å². The average molecular weight is 266 g/mol. The standard InChI is InChI=1S/C15H14N4O/c1-9-7-11(8-10-3-2-5-18-14(9)10)20-12-4-6-19-15(17)13(12)16/h2-8H,16H2,1H3,(H2,17,19). The molecule has 3 aromatic rings. The van der Waals surface area contributed by atoms with E-state index in [2.05, 4.69) is 9.97 Å². The molecule has 0 saturated carbocycles. The number of pyridine rings is 2. The van der Waals surface area contributed by atoms with Gasteiger partial charge >= 0.3 is 0 Å². The van der Waals surface area contributed by atoms with Crippen LogP contribution >= 0.6 is 0 Å². The Kier molecular flexibility index (Phi) is 2.87. The molecule has 2 aromatic heterocycles. The molecule has 0 saturated heterocycles. The number of aromatic nitrogens is 2. The van der Waals surface area contributed by atoms with Gasteiger partial charge in [-0.05, 0) is 30.7 Å². The number of hydrogen-bond donors (Lipinski definition) is 2. The number of rotatable bonds is 2. The average Bonchev–Trinajstić information content (AvgIpc) is 2.44. The van der Waals surface area contributed by atoms with Crippen molar-refractivity contribution in [1.82, 2.24) is 9.97 Å². The molecule has 0 amide bonds. The number of nitrogens with zero attached hydrogens (tertiary/aromatic N) is 2. The Bertz CT molecular complexity index is 786. The maximum atomic E-state index is 5.86. The maximum absolute atomic E-state index is 5.86. The zero-order chi connectivity index (χ0) is 14.1. The minimum Gasteiger partial charge on any atom is -0.455 e. The highest BCUT2D eigenvalue weighted by molar-refractivity contribution is 5.83. The summed E-state index contributed by atoms with van der Waals surface area (Å²) in [6.07, 6.45) is 3.34. The van der Waals surface area contributed by atoms with E-state index in [0.717, 1.165) is 16.5 Å². The molecule has 0 bridgehead atoms. The lowest BCUT2D eigenvalue weighted by atomic mass is 10.1. The molecule has 0 unspecified atom stereocenters. The quantitative estimate of drug-likeness (QED) is 0.744. The number of nitrogens with two attached hydrogens (primary N) is 2. The first-order valence-corrected chi connectivity index (χ1v) is 6.18. The van der Waals surface area contributed by atoms with Crippen LogP contribution in [0.3, 0.4) is 0 Å². The van der Waals surface area contributed by atoms with E-state index in [9.17, 15) is 0 Å². The zero-order valence-corrected chi connectivity index (χ0v) is 11.0. The molecular weight excluding hydrogens is 252 g/mol. The highest BCUT2D eigenvalue weighted by atomic mass is 16.5. The van der Waals surface area contributed by atoms with Crippen LogP contribution in [0.4, 0.5) is 11.5 Å². The Labute approximate surface area is 116 Å². The van der Waals surface area contributed by atoms with Crippen LogP contribution in [0.5, 0.6) is 11.5 Å². The lowest BCUT2D eigenvalue weighted by Crippen LogP contribution is -2.00. The van der Waals surface area contributed by atoms with Crippen LogP contribution < -0.4 is 16.2 Å². The number of fused-ring (bicyclic) bond motifs is 1. The number of benzene rings is 1. The Morgan fingerprint density at radius 1 is 1.05 bits per heavy atom. The summed E-state index contributed by atoms with van der Waals surface area (Å²) in [6, 6.07) is 9.42. The molecule has 4 N–H and O–H groups in total. The van der Waals surface area contributed by atoms with Crippen molar-refractivity contribution in [3.8, 4) is 11.5 Å². The van der Waals surface area contributed by atoms with E-state index in [1.807, 2.05) is 31.2 Å². The summed E-state index contributed by atoms with van der Waals surface area (Å²) in [7, 11) is 0. The predicted molar refractivity (Wildman–Crippen MR) is 79.6 cm³/mol. The lowest BCUT2D eigenvalue weighted by molar-refractivity contribution is 0.485. The van der Waals surface area contributed by atoms with Gasteiger partial charge in [0.2, 0.25) is 0 Å². The molecule has 20 heavy (non-hydrogen) atoms. The van der Waals surface area contributed by atoms with Crippen molar-refractivity contribution in [3.05, 3.63) is 48.3 Å². The molecule has 0 aliphatic carbocycles. The van der Waals surface area contributed by atoms with Crippen LogP contribution in [0.1, 0.15) is 5.56 Å². The lowest BCUT2D eigenvalue weighted by Gasteiger charge is -2.11. The van der Waals surface area contributed by atoms with Crippen molar-refractivity contribution in [2.24, 2.45) is 0 Å². The van der Waals surface area contributed by atoms with Gasteiger partial charge in [0.1, 0.15) is 17.3 Å². The fourth-order valence-electron chi connectivity index (χ4n) is 2.09. The second-order valence-electron chi connectivity index (χ2n) is 4.53. The van der Waals surface area contributed by atoms with Crippen LogP contribution in [-0.4, -0.2) is 9.97 Å². The first-order valence-electron chi connectivity index (χ1n) is 6.18. The highest BCUT2D eigenvalue weighted by Crippen LogP contribution is 2.32. The first kappa shape index (κ1) is 12.2. The van der Waals surface area contributed by atoms with E-state index in [4.69, 9.17) is 16.2 Å². The number of ether oxygens (including phenoxy) is 1. The summed E-state index contributed by atoms with van der Waals surface area (Å²) < 4.78 is 5.81. The van der Waals surface area contributed by atoms with Gasteiger partial charge in [0.25, 0.3) is 0 Å². The SMILES string of the molecule is Cc1cc(Oc2ccnc(N)c2N)cc2cccnc12. The smallest absolute Gasteiger partial charge is 0.155 e. The highest BCUT2D eigenvalue weighted by Gasteiger charge is 2.08. The summed E-state index contributed by atoms with van der Waals surface area (Å²) >= 11 is 0. The number of nitrogen functional groups attached to an aromatic ring is 2. The number of hydrogen-bond acceptors (Lipinski definition) is 5. The first-order chi connectivity index (χ1) is 9.65. The van der Waals surface area contributed by atoms with E-state index >= 15 is 0 Å². The van der Waals surface area contributed by atoms with Gasteiger partial charge < -0.3 is 16.2 Å². The minimum atomic E-state index is 0.265. The van der Waals surface area contributed by atoms with E-state index in [-0.39, 0.29) is 5.82 Å². The Hall–Kier alpha value is -2.82. The minimum absolute atomic E-state index is 0.265. The van der Waals surface area contributed by atoms with Gasteiger partial charge in [0.15, 0.2) is 5.75 Å². The van der Waals surface area contributed by atoms with Crippen molar-refractivity contribution in [1.29, 1.82) is 0 Å². The molecule has 0 atom stereocenters. The summed E-state index contributed by atoms with van der Waals surface area (Å²) in [4.78, 5) is 8.26. The predicted octanol–water partition coefficient (Wildman–Crippen LogP) is 2.89. The summed E-state index contributed by atoms with van der Waals surface area (Å²) in [5.41, 5.74) is 13.9. The molecular formula is C15H14N4O. The monoisotopic (exact) mass is 266 g/mol. The zero-order valence-electron chi connectivity index (χ0n) is 11.0. The maximum Gasteiger partial charge on any atom is 0.155 e. The van der Waals surface area contributed by atoms with Crippen molar-refractivity contribution in [2.75, 3.05) is 11.5 Å². The third-order valence-electron chi connectivity index (χ3n) is 3.08. The molecule has 0 spiro atoms. The van der Waals surface area contributed by atoms with Crippen LogP contribution in [0.15, 0.2) is 42.7 Å². The van der Waals surface area contributed by atoms with Gasteiger partial charge in [0, 0.05) is 23.8 Å². The molecule has 0 fully saturated rings. The fourth-order valence-corrected chi connectivity index (χ4v) is 2.09. The fraction of sp³-hybridized carbons (Fsp3) is 0.0667. The van der Waals surface area contributed by atoms with Gasteiger partial charge in [-0.1, -0.05) is 6.07 Å². The second-order valence-corrected chi connectivity index (χ2v) is 4.53. The van der Waals surface area contributed by atoms with Gasteiger partial charge in [-0.2, -0.15) is 0 Å². The summed E-state index contributed by atoms with van der Waals surface area (Å²) in [6.45, 7) is 1.99. The normalized spacial score (nSPS) is 10.7. The largest absolute Gasteiger partial charge is 0.455 e. The van der Waals surface area contributed by atoms with Gasteiger partial charge in [-0.15, -0.1) is 0 Å². The third kappa shape index (κ3) is 2.09. The number of anilines is 2. The van der Waals surface area contributed by atoms with Gasteiger partial charge in [-0.3, -0.25) is 4.98 Å². The second kappa shape index (κ2) is 4.70. The molecule has 0 radical (unpaired) electrons. The van der Waals surface area contributed by atoms with Crippen LogP contribution in [0.25, 0.3) is 10.9 Å². The molecule has 0 aliphatic rings. The van der Waals surface area contributed by atoms with Crippen molar-refractivity contribution < 1.29 is 4.74 Å². The molecule has 100 valence electrons. The van der Waals surface area contributed by atoms with E-state index in [0.29, 0.717) is 17.2 Å². The Balaban J connectivity index is 2.05. The summed E-state index contributed by atoms with van der Waals surface area (Å²) in [5, 5.41) is 1.02. The van der Waals surface area contributed by atoms with Crippen LogP contribution in [0.2, 0.25) is 0 Å². The summed E-state index contributed by atoms with van der Waals surface area (Å²) in [5.74, 6) is 1.46. The number of aryl methyl sites for hydroxylation is 1. The third-order valence-corrected chi connectivity index (χ3v) is 3.08.